The molecule has 2 atom stereocenters. The predicted octanol–water partition coefficient (Wildman–Crippen LogP) is 1.50. The molecule has 2 aliphatic heterocycles. The van der Waals surface area contributed by atoms with Gasteiger partial charge >= 0.3 is 0 Å². The number of methoxy groups -OCH3 is 1. The van der Waals surface area contributed by atoms with Gasteiger partial charge in [-0.1, -0.05) is 6.07 Å². The number of likely N-dealkylation sites (tertiary alicyclic amines) is 1. The fourth-order valence-electron chi connectivity index (χ4n) is 3.91. The Morgan fingerprint density at radius 1 is 1.31 bits per heavy atom. The number of fused-ring (bicyclic) bond motifs is 1. The first-order valence-electron chi connectivity index (χ1n) is 8.57. The van der Waals surface area contributed by atoms with E-state index in [9.17, 15) is 8.42 Å². The Morgan fingerprint density at radius 3 is 2.85 bits per heavy atom. The molecule has 0 aromatic carbocycles. The van der Waals surface area contributed by atoms with Gasteiger partial charge in [0, 0.05) is 49.2 Å². The lowest BCUT2D eigenvalue weighted by atomic mass is 10.1. The topological polar surface area (TPSA) is 75.6 Å². The molecule has 9 heteroatoms. The van der Waals surface area contributed by atoms with Gasteiger partial charge in [-0.3, -0.25) is 4.90 Å². The molecule has 0 amide bonds. The van der Waals surface area contributed by atoms with Gasteiger partial charge in [-0.15, -0.1) is 11.3 Å². The van der Waals surface area contributed by atoms with Gasteiger partial charge in [-0.25, -0.2) is 18.4 Å². The first-order valence-corrected chi connectivity index (χ1v) is 11.0. The summed E-state index contributed by atoms with van der Waals surface area (Å²) in [6.07, 6.45) is 1.70. The van der Waals surface area contributed by atoms with E-state index in [2.05, 4.69) is 14.9 Å². The van der Waals surface area contributed by atoms with Crippen molar-refractivity contribution in [3.05, 3.63) is 40.0 Å². The van der Waals surface area contributed by atoms with E-state index in [1.165, 1.54) is 0 Å². The van der Waals surface area contributed by atoms with Crippen LogP contribution in [0.15, 0.2) is 23.7 Å². The molecule has 2 saturated heterocycles. The normalized spacial score (nSPS) is 25.5. The molecule has 2 aromatic heterocycles. The summed E-state index contributed by atoms with van der Waals surface area (Å²) in [5.74, 6) is 0.746. The van der Waals surface area contributed by atoms with E-state index < -0.39 is 10.0 Å². The molecule has 0 unspecified atom stereocenters. The Hall–Kier alpha value is -1.55. The molecule has 2 aliphatic rings. The van der Waals surface area contributed by atoms with Crippen molar-refractivity contribution in [1.82, 2.24) is 19.2 Å². The van der Waals surface area contributed by atoms with Crippen molar-refractivity contribution < 1.29 is 13.2 Å². The van der Waals surface area contributed by atoms with Crippen LogP contribution in [-0.2, 0) is 23.1 Å². The van der Waals surface area contributed by atoms with Crippen LogP contribution in [0.4, 0.5) is 0 Å². The largest absolute Gasteiger partial charge is 0.481 e. The van der Waals surface area contributed by atoms with E-state index in [-0.39, 0.29) is 11.2 Å². The second kappa shape index (κ2) is 6.88. The van der Waals surface area contributed by atoms with Gasteiger partial charge in [0.05, 0.1) is 29.6 Å². The minimum Gasteiger partial charge on any atom is -0.481 e. The summed E-state index contributed by atoms with van der Waals surface area (Å²) in [4.78, 5) is 10.8. The van der Waals surface area contributed by atoms with E-state index in [1.807, 2.05) is 24.4 Å². The molecule has 0 saturated carbocycles. The Balaban J connectivity index is 1.45. The predicted molar refractivity (Wildman–Crippen MR) is 99.5 cm³/mol. The molecule has 0 radical (unpaired) electrons. The van der Waals surface area contributed by atoms with E-state index in [0.29, 0.717) is 32.1 Å². The third kappa shape index (κ3) is 3.24. The Labute approximate surface area is 157 Å². The number of aryl methyl sites for hydroxylation is 1. The van der Waals surface area contributed by atoms with Gasteiger partial charge in [0.25, 0.3) is 0 Å². The van der Waals surface area contributed by atoms with Crippen LogP contribution in [0.25, 0.3) is 0 Å². The third-order valence-corrected chi connectivity index (χ3v) is 8.20. The molecule has 2 fully saturated rings. The number of pyridine rings is 1. The minimum absolute atomic E-state index is 0.141. The number of aromatic nitrogens is 2. The van der Waals surface area contributed by atoms with Crippen molar-refractivity contribution in [2.24, 2.45) is 5.92 Å². The van der Waals surface area contributed by atoms with Gasteiger partial charge in [0.2, 0.25) is 15.9 Å². The molecule has 4 heterocycles. The van der Waals surface area contributed by atoms with Crippen LogP contribution in [0.3, 0.4) is 0 Å². The van der Waals surface area contributed by atoms with Crippen LogP contribution < -0.4 is 4.74 Å². The van der Waals surface area contributed by atoms with Crippen molar-refractivity contribution in [3.63, 3.8) is 0 Å². The molecule has 4 rings (SSSR count). The third-order valence-electron chi connectivity index (χ3n) is 5.08. The van der Waals surface area contributed by atoms with Gasteiger partial charge in [-0.2, -0.15) is 4.31 Å². The Bertz CT molecular complexity index is 899. The van der Waals surface area contributed by atoms with Gasteiger partial charge in [0.1, 0.15) is 0 Å². The number of nitrogens with zero attached hydrogens (tertiary/aromatic N) is 4. The lowest BCUT2D eigenvalue weighted by Crippen LogP contribution is -2.34. The zero-order valence-corrected chi connectivity index (χ0v) is 16.5. The number of ether oxygens (including phenoxy) is 1. The van der Waals surface area contributed by atoms with Gasteiger partial charge < -0.3 is 4.74 Å². The molecule has 0 spiro atoms. The first-order chi connectivity index (χ1) is 12.5. The average molecular weight is 395 g/mol. The summed E-state index contributed by atoms with van der Waals surface area (Å²) in [5, 5.41) is 2.58. The highest BCUT2D eigenvalue weighted by Crippen LogP contribution is 2.35. The van der Waals surface area contributed by atoms with Crippen LogP contribution in [0.2, 0.25) is 0 Å². The van der Waals surface area contributed by atoms with Crippen LogP contribution in [0, 0.1) is 12.8 Å². The summed E-state index contributed by atoms with van der Waals surface area (Å²) in [6, 6.07) is 3.86. The molecular weight excluding hydrogens is 372 g/mol. The molecule has 2 aromatic rings. The van der Waals surface area contributed by atoms with Crippen molar-refractivity contribution in [1.29, 1.82) is 0 Å². The number of rotatable bonds is 5. The summed E-state index contributed by atoms with van der Waals surface area (Å²) < 4.78 is 32.8. The molecule has 0 aliphatic carbocycles. The fourth-order valence-corrected chi connectivity index (χ4v) is 6.67. The summed E-state index contributed by atoms with van der Waals surface area (Å²) >= 11 is 1.56. The maximum atomic E-state index is 12.9. The highest BCUT2D eigenvalue weighted by atomic mass is 32.2. The van der Waals surface area contributed by atoms with Gasteiger partial charge in [0.15, 0.2) is 0 Å². The molecule has 26 heavy (non-hydrogen) atoms. The van der Waals surface area contributed by atoms with E-state index in [0.717, 1.165) is 22.8 Å². The van der Waals surface area contributed by atoms with Crippen molar-refractivity contribution in [3.8, 4) is 5.88 Å². The van der Waals surface area contributed by atoms with Crippen molar-refractivity contribution >= 4 is 21.4 Å². The maximum Gasteiger partial charge on any atom is 0.218 e. The van der Waals surface area contributed by atoms with Crippen molar-refractivity contribution in [2.45, 2.75) is 25.3 Å². The van der Waals surface area contributed by atoms with Crippen LogP contribution in [0.5, 0.6) is 5.88 Å². The molecule has 7 nitrogen and oxygen atoms in total. The molecule has 0 bridgehead atoms. The maximum absolute atomic E-state index is 12.9. The van der Waals surface area contributed by atoms with Crippen LogP contribution >= 0.6 is 11.3 Å². The SMILES string of the molecule is COc1ncccc1CN1C[C@@H]2CN(Cc3csc(C)n3)S(=O)(=O)[C@@H]2C1. The van der Waals surface area contributed by atoms with Gasteiger partial charge in [-0.05, 0) is 13.0 Å². The highest BCUT2D eigenvalue weighted by Gasteiger charge is 2.50. The second-order valence-corrected chi connectivity index (χ2v) is 10.1. The lowest BCUT2D eigenvalue weighted by Gasteiger charge is -2.21. The summed E-state index contributed by atoms with van der Waals surface area (Å²) in [7, 11) is -1.68. The summed E-state index contributed by atoms with van der Waals surface area (Å²) in [6.45, 7) is 4.88. The highest BCUT2D eigenvalue weighted by molar-refractivity contribution is 7.90. The molecule has 140 valence electrons. The number of hydrogen-bond acceptors (Lipinski definition) is 7. The van der Waals surface area contributed by atoms with Crippen LogP contribution in [-0.4, -0.2) is 59.6 Å². The minimum atomic E-state index is -3.29. The van der Waals surface area contributed by atoms with E-state index in [1.54, 1.807) is 28.9 Å². The van der Waals surface area contributed by atoms with Crippen LogP contribution in [0.1, 0.15) is 16.3 Å². The molecular formula is C17H22N4O3S2. The quantitative estimate of drug-likeness (QED) is 0.765. The Kier molecular flexibility index (Phi) is 4.72. The van der Waals surface area contributed by atoms with Crippen molar-refractivity contribution in [2.75, 3.05) is 26.7 Å². The smallest absolute Gasteiger partial charge is 0.218 e. The first kappa shape index (κ1) is 17.8. The zero-order chi connectivity index (χ0) is 18.3. The van der Waals surface area contributed by atoms with E-state index in [4.69, 9.17) is 4.74 Å². The Morgan fingerprint density at radius 2 is 2.15 bits per heavy atom. The lowest BCUT2D eigenvalue weighted by molar-refractivity contribution is 0.287. The van der Waals surface area contributed by atoms with E-state index >= 15 is 0 Å². The zero-order valence-electron chi connectivity index (χ0n) is 14.8. The average Bonchev–Trinajstić information content (AvgIpc) is 3.26. The second-order valence-electron chi connectivity index (χ2n) is 6.86. The summed E-state index contributed by atoms with van der Waals surface area (Å²) in [5.41, 5.74) is 1.83. The number of thiazole rings is 1. The number of sulfonamides is 1. The molecule has 0 N–H and O–H groups in total. The monoisotopic (exact) mass is 394 g/mol. The number of hydrogen-bond donors (Lipinski definition) is 0. The standard InChI is InChI=1S/C17H22N4O3S2/c1-12-19-15(11-25-12)9-21-8-14-7-20(10-16(14)26(21,22)23)6-13-4-3-5-18-17(13)24-2/h3-5,11,14,16H,6-10H2,1-2H3/t14-,16-/m1/s1. The fraction of sp³-hybridized carbons (Fsp3) is 0.529.